The molecule has 0 radical (unpaired) electrons. The summed E-state index contributed by atoms with van der Waals surface area (Å²) in [5, 5.41) is 0. The van der Waals surface area contributed by atoms with E-state index in [9.17, 15) is 13.2 Å². The van der Waals surface area contributed by atoms with Crippen LogP contribution in [0, 0.1) is 0 Å². The zero-order chi connectivity index (χ0) is 18.0. The van der Waals surface area contributed by atoms with Crippen molar-refractivity contribution in [2.45, 2.75) is 33.1 Å². The van der Waals surface area contributed by atoms with Crippen LogP contribution in [0.4, 0.5) is 0 Å². The molecule has 6 nitrogen and oxygen atoms in total. The largest absolute Gasteiger partial charge is 0.493 e. The average Bonchev–Trinajstić information content (AvgIpc) is 2.56. The van der Waals surface area contributed by atoms with E-state index in [0.717, 1.165) is 12.8 Å². The lowest BCUT2D eigenvalue weighted by atomic mass is 10.2. The summed E-state index contributed by atoms with van der Waals surface area (Å²) in [6.45, 7) is 4.19. The molecule has 0 amide bonds. The van der Waals surface area contributed by atoms with Crippen LogP contribution in [-0.4, -0.2) is 33.9 Å². The molecule has 0 aliphatic heterocycles. The molecule has 0 aliphatic rings. The fraction of sp³-hybridized carbons (Fsp3) is 0.471. The van der Waals surface area contributed by atoms with Crippen molar-refractivity contribution >= 4 is 22.2 Å². The first kappa shape index (κ1) is 20.0. The van der Waals surface area contributed by atoms with Crippen LogP contribution in [0.3, 0.4) is 0 Å². The van der Waals surface area contributed by atoms with Crippen LogP contribution >= 0.6 is 0 Å². The molecule has 0 aliphatic carbocycles. The Morgan fingerprint density at radius 3 is 2.54 bits per heavy atom. The number of unbranched alkanes of at least 4 members (excludes halogenated alkanes) is 1. The van der Waals surface area contributed by atoms with Crippen molar-refractivity contribution in [3.05, 3.63) is 29.8 Å². The molecule has 134 valence electrons. The highest BCUT2D eigenvalue weighted by atomic mass is 32.2. The Labute approximate surface area is 143 Å². The average molecular weight is 356 g/mol. The maximum atomic E-state index is 11.9. The number of rotatable bonds is 10. The Bertz CT molecular complexity index is 664. The maximum Gasteiger partial charge on any atom is 0.330 e. The summed E-state index contributed by atoms with van der Waals surface area (Å²) in [4.78, 5) is 11.4. The second kappa shape index (κ2) is 9.97. The molecule has 24 heavy (non-hydrogen) atoms. The van der Waals surface area contributed by atoms with Crippen LogP contribution in [-0.2, 0) is 19.6 Å². The van der Waals surface area contributed by atoms with Gasteiger partial charge in [0.2, 0.25) is 0 Å². The van der Waals surface area contributed by atoms with Gasteiger partial charge >= 0.3 is 16.1 Å². The lowest BCUT2D eigenvalue weighted by Crippen LogP contribution is -2.14. The molecule has 0 unspecified atom stereocenters. The normalized spacial score (nSPS) is 11.5. The van der Waals surface area contributed by atoms with Gasteiger partial charge in [-0.3, -0.25) is 0 Å². The van der Waals surface area contributed by atoms with Crippen molar-refractivity contribution in [2.75, 3.05) is 19.5 Å². The minimum Gasteiger partial charge on any atom is -0.493 e. The summed E-state index contributed by atoms with van der Waals surface area (Å²) in [6, 6.07) is 4.73. The molecule has 1 aromatic rings. The monoisotopic (exact) mass is 356 g/mol. The Kier molecular flexibility index (Phi) is 8.32. The van der Waals surface area contributed by atoms with Crippen molar-refractivity contribution < 1.29 is 26.9 Å². The van der Waals surface area contributed by atoms with Crippen molar-refractivity contribution in [1.29, 1.82) is 0 Å². The second-order valence-electron chi connectivity index (χ2n) is 5.11. The molecule has 0 fully saturated rings. The summed E-state index contributed by atoms with van der Waals surface area (Å²) >= 11 is 0. The molecule has 0 aromatic heterocycles. The highest BCUT2D eigenvalue weighted by Gasteiger charge is 2.15. The van der Waals surface area contributed by atoms with Crippen LogP contribution in [0.5, 0.6) is 11.5 Å². The molecule has 0 spiro atoms. The predicted molar refractivity (Wildman–Crippen MR) is 92.6 cm³/mol. The molecular weight excluding hydrogens is 332 g/mol. The van der Waals surface area contributed by atoms with Crippen molar-refractivity contribution in [2.24, 2.45) is 0 Å². The van der Waals surface area contributed by atoms with Gasteiger partial charge in [-0.2, -0.15) is 8.42 Å². The number of ether oxygens (including phenoxy) is 2. The second-order valence-corrected chi connectivity index (χ2v) is 6.80. The van der Waals surface area contributed by atoms with E-state index in [1.807, 2.05) is 13.8 Å². The third-order valence-corrected chi connectivity index (χ3v) is 4.23. The van der Waals surface area contributed by atoms with Gasteiger partial charge in [-0.15, -0.1) is 0 Å². The van der Waals surface area contributed by atoms with Gasteiger partial charge in [-0.1, -0.05) is 26.3 Å². The number of carbonyl (C=O) groups is 1. The molecule has 0 N–H and O–H groups in total. The third-order valence-electron chi connectivity index (χ3n) is 3.01. The molecule has 1 rings (SSSR count). The minimum atomic E-state index is -3.65. The zero-order valence-electron chi connectivity index (χ0n) is 14.3. The quantitative estimate of drug-likeness (QED) is 0.364. The summed E-state index contributed by atoms with van der Waals surface area (Å²) in [5.74, 6) is -0.0749. The van der Waals surface area contributed by atoms with Gasteiger partial charge in [0.25, 0.3) is 0 Å². The van der Waals surface area contributed by atoms with Gasteiger partial charge in [0.05, 0.1) is 19.5 Å². The molecule has 0 saturated heterocycles. The lowest BCUT2D eigenvalue weighted by Gasteiger charge is -2.11. The van der Waals surface area contributed by atoms with E-state index in [-0.39, 0.29) is 17.3 Å². The first-order valence-electron chi connectivity index (χ1n) is 7.87. The van der Waals surface area contributed by atoms with E-state index < -0.39 is 16.1 Å². The topological polar surface area (TPSA) is 78.9 Å². The molecule has 0 saturated carbocycles. The Morgan fingerprint density at radius 2 is 1.92 bits per heavy atom. The maximum absolute atomic E-state index is 11.9. The number of methoxy groups -OCH3 is 1. The van der Waals surface area contributed by atoms with Crippen LogP contribution in [0.25, 0.3) is 6.08 Å². The molecule has 1 aromatic carbocycles. The number of hydrogen-bond donors (Lipinski definition) is 0. The predicted octanol–water partition coefficient (Wildman–Crippen LogP) is 3.17. The summed E-state index contributed by atoms with van der Waals surface area (Å²) in [7, 11) is -2.23. The van der Waals surface area contributed by atoms with Gasteiger partial charge in [-0.05, 0) is 36.6 Å². The highest BCUT2D eigenvalue weighted by molar-refractivity contribution is 7.87. The molecular formula is C17H24O6S. The van der Waals surface area contributed by atoms with E-state index in [1.165, 1.54) is 19.3 Å². The van der Waals surface area contributed by atoms with Crippen molar-refractivity contribution in [3.63, 3.8) is 0 Å². The van der Waals surface area contributed by atoms with Crippen molar-refractivity contribution in [3.8, 4) is 11.5 Å². The van der Waals surface area contributed by atoms with E-state index in [4.69, 9.17) is 13.7 Å². The Balaban J connectivity index is 2.85. The number of esters is 1. The number of carbonyl (C=O) groups excluding carboxylic acids is 1. The fourth-order valence-corrected chi connectivity index (χ4v) is 2.91. The molecule has 0 heterocycles. The van der Waals surface area contributed by atoms with E-state index in [2.05, 4.69) is 0 Å². The van der Waals surface area contributed by atoms with E-state index in [1.54, 1.807) is 18.2 Å². The van der Waals surface area contributed by atoms with Gasteiger partial charge < -0.3 is 13.7 Å². The zero-order valence-corrected chi connectivity index (χ0v) is 15.1. The molecule has 7 heteroatoms. The highest BCUT2D eigenvalue weighted by Crippen LogP contribution is 2.30. The Hall–Kier alpha value is -2.02. The summed E-state index contributed by atoms with van der Waals surface area (Å²) in [6.07, 6.45) is 4.92. The standard InChI is InChI=1S/C17H24O6S/c1-4-6-12-24(19,20)23-15-9-7-14(13-16(15)21-3)8-10-17(18)22-11-5-2/h7-10,13H,4-6,11-12H2,1-3H3/b10-8+. The number of hydrogen-bond acceptors (Lipinski definition) is 6. The fourth-order valence-electron chi connectivity index (χ4n) is 1.77. The smallest absolute Gasteiger partial charge is 0.330 e. The van der Waals surface area contributed by atoms with Crippen LogP contribution in [0.15, 0.2) is 24.3 Å². The minimum absolute atomic E-state index is 0.0441. The van der Waals surface area contributed by atoms with Gasteiger partial charge in [0.15, 0.2) is 11.5 Å². The lowest BCUT2D eigenvalue weighted by molar-refractivity contribution is -0.137. The van der Waals surface area contributed by atoms with Gasteiger partial charge in [0.1, 0.15) is 0 Å². The summed E-state index contributed by atoms with van der Waals surface area (Å²) in [5.41, 5.74) is 0.665. The van der Waals surface area contributed by atoms with Gasteiger partial charge in [0, 0.05) is 6.08 Å². The molecule has 0 bridgehead atoms. The van der Waals surface area contributed by atoms with Crippen LogP contribution < -0.4 is 8.92 Å². The number of benzene rings is 1. The van der Waals surface area contributed by atoms with Crippen LogP contribution in [0.2, 0.25) is 0 Å². The molecule has 0 atom stereocenters. The van der Waals surface area contributed by atoms with E-state index >= 15 is 0 Å². The first-order chi connectivity index (χ1) is 11.4. The van der Waals surface area contributed by atoms with Gasteiger partial charge in [-0.25, -0.2) is 4.79 Å². The van der Waals surface area contributed by atoms with Crippen LogP contribution in [0.1, 0.15) is 38.7 Å². The third kappa shape index (κ3) is 7.04. The first-order valence-corrected chi connectivity index (χ1v) is 9.44. The Morgan fingerprint density at radius 1 is 1.17 bits per heavy atom. The van der Waals surface area contributed by atoms with Crippen molar-refractivity contribution in [1.82, 2.24) is 0 Å². The SMILES string of the molecule is CCCCS(=O)(=O)Oc1ccc(/C=C/C(=O)OCCC)cc1OC. The summed E-state index contributed by atoms with van der Waals surface area (Å²) < 4.78 is 38.9. The van der Waals surface area contributed by atoms with E-state index in [0.29, 0.717) is 18.6 Å².